The number of benzene rings is 2. The van der Waals surface area contributed by atoms with Crippen LogP contribution in [0.15, 0.2) is 48.5 Å². The number of aryl methyl sites for hydroxylation is 2. The van der Waals surface area contributed by atoms with Crippen LogP contribution in [0.1, 0.15) is 43.2 Å². The Morgan fingerprint density at radius 1 is 0.909 bits per heavy atom. The molecule has 114 valence electrons. The highest BCUT2D eigenvalue weighted by molar-refractivity contribution is 5.86. The number of rotatable bonds is 3. The fraction of sp³-hybridized carbons (Fsp3) is 0.333. The molecule has 0 aliphatic rings. The second-order valence-electron chi connectivity index (χ2n) is 6.89. The first-order chi connectivity index (χ1) is 10.4. The van der Waals surface area contributed by atoms with Crippen LogP contribution < -0.4 is 0 Å². The topological polar surface area (TPSA) is 15.8 Å². The van der Waals surface area contributed by atoms with E-state index >= 15 is 0 Å². The SMILES string of the molecule is Cc1ccc(C(C)(c2c(C)[nH]c3ccccc23)C(C)C)cc1. The zero-order valence-corrected chi connectivity index (χ0v) is 14.2. The maximum absolute atomic E-state index is 3.57. The van der Waals surface area contributed by atoms with E-state index in [1.807, 2.05) is 0 Å². The van der Waals surface area contributed by atoms with Gasteiger partial charge in [-0.1, -0.05) is 68.8 Å². The molecule has 1 aromatic heterocycles. The minimum absolute atomic E-state index is 0.00259. The van der Waals surface area contributed by atoms with Crippen molar-refractivity contribution < 1.29 is 0 Å². The molecule has 0 spiro atoms. The Morgan fingerprint density at radius 3 is 2.18 bits per heavy atom. The average molecular weight is 291 g/mol. The lowest BCUT2D eigenvalue weighted by Gasteiger charge is -2.35. The molecule has 0 aliphatic carbocycles. The van der Waals surface area contributed by atoms with E-state index in [4.69, 9.17) is 0 Å². The number of para-hydroxylation sites is 1. The first-order valence-electron chi connectivity index (χ1n) is 8.09. The molecule has 0 bridgehead atoms. The van der Waals surface area contributed by atoms with Crippen LogP contribution in [0, 0.1) is 19.8 Å². The number of aromatic nitrogens is 1. The van der Waals surface area contributed by atoms with Crippen molar-refractivity contribution in [3.05, 3.63) is 70.9 Å². The number of hydrogen-bond donors (Lipinski definition) is 1. The van der Waals surface area contributed by atoms with Crippen LogP contribution >= 0.6 is 0 Å². The summed E-state index contributed by atoms with van der Waals surface area (Å²) in [4.78, 5) is 3.57. The van der Waals surface area contributed by atoms with Gasteiger partial charge in [0, 0.05) is 22.0 Å². The molecule has 0 saturated carbocycles. The largest absolute Gasteiger partial charge is 0.358 e. The standard InChI is InChI=1S/C21H25N/c1-14(2)21(5,17-12-10-15(3)11-13-17)20-16(4)22-19-9-7-6-8-18(19)20/h6-14,22H,1-5H3. The van der Waals surface area contributed by atoms with Crippen molar-refractivity contribution in [1.82, 2.24) is 4.98 Å². The summed E-state index contributed by atoms with van der Waals surface area (Å²) in [6.07, 6.45) is 0. The molecule has 22 heavy (non-hydrogen) atoms. The molecule has 0 aliphatic heterocycles. The highest BCUT2D eigenvalue weighted by Gasteiger charge is 2.36. The van der Waals surface area contributed by atoms with E-state index in [-0.39, 0.29) is 5.41 Å². The van der Waals surface area contributed by atoms with E-state index in [2.05, 4.69) is 88.1 Å². The summed E-state index contributed by atoms with van der Waals surface area (Å²) >= 11 is 0. The Bertz CT molecular complexity index is 792. The molecule has 2 aromatic carbocycles. The highest BCUT2D eigenvalue weighted by Crippen LogP contribution is 2.43. The van der Waals surface area contributed by atoms with E-state index in [1.54, 1.807) is 0 Å². The summed E-state index contributed by atoms with van der Waals surface area (Å²) in [5, 5.41) is 1.34. The third-order valence-electron chi connectivity index (χ3n) is 5.22. The van der Waals surface area contributed by atoms with Crippen molar-refractivity contribution in [2.75, 3.05) is 0 Å². The van der Waals surface area contributed by atoms with Gasteiger partial charge in [-0.2, -0.15) is 0 Å². The van der Waals surface area contributed by atoms with Crippen LogP contribution in [0.2, 0.25) is 0 Å². The van der Waals surface area contributed by atoms with Crippen LogP contribution in [0.5, 0.6) is 0 Å². The molecule has 0 radical (unpaired) electrons. The van der Waals surface area contributed by atoms with Crippen molar-refractivity contribution >= 4 is 10.9 Å². The minimum atomic E-state index is -0.00259. The van der Waals surface area contributed by atoms with E-state index in [9.17, 15) is 0 Å². The number of aromatic amines is 1. The van der Waals surface area contributed by atoms with Gasteiger partial charge >= 0.3 is 0 Å². The first-order valence-corrected chi connectivity index (χ1v) is 8.09. The number of H-pyrrole nitrogens is 1. The molecule has 0 fully saturated rings. The third kappa shape index (κ3) is 2.16. The molecule has 1 atom stereocenters. The molecule has 1 nitrogen and oxygen atoms in total. The van der Waals surface area contributed by atoms with Crippen molar-refractivity contribution in [1.29, 1.82) is 0 Å². The molecular weight excluding hydrogens is 266 g/mol. The van der Waals surface area contributed by atoms with E-state index in [1.165, 1.54) is 33.3 Å². The monoisotopic (exact) mass is 291 g/mol. The van der Waals surface area contributed by atoms with Gasteiger partial charge in [0.05, 0.1) is 0 Å². The van der Waals surface area contributed by atoms with Crippen LogP contribution in [0.4, 0.5) is 0 Å². The van der Waals surface area contributed by atoms with Crippen LogP contribution in [0.3, 0.4) is 0 Å². The molecule has 3 rings (SSSR count). The van der Waals surface area contributed by atoms with Crippen molar-refractivity contribution in [2.24, 2.45) is 5.92 Å². The maximum Gasteiger partial charge on any atom is 0.0459 e. The van der Waals surface area contributed by atoms with Gasteiger partial charge in [0.25, 0.3) is 0 Å². The van der Waals surface area contributed by atoms with E-state index in [0.717, 1.165) is 0 Å². The second kappa shape index (κ2) is 5.31. The van der Waals surface area contributed by atoms with Crippen molar-refractivity contribution in [3.63, 3.8) is 0 Å². The lowest BCUT2D eigenvalue weighted by Crippen LogP contribution is -2.30. The molecule has 0 amide bonds. The van der Waals surface area contributed by atoms with Gasteiger partial charge in [-0.15, -0.1) is 0 Å². The zero-order chi connectivity index (χ0) is 15.9. The smallest absolute Gasteiger partial charge is 0.0459 e. The summed E-state index contributed by atoms with van der Waals surface area (Å²) in [6, 6.07) is 17.7. The van der Waals surface area contributed by atoms with Gasteiger partial charge in [0.1, 0.15) is 0 Å². The summed E-state index contributed by atoms with van der Waals surface area (Å²) < 4.78 is 0. The van der Waals surface area contributed by atoms with E-state index < -0.39 is 0 Å². The summed E-state index contributed by atoms with van der Waals surface area (Å²) in [7, 11) is 0. The minimum Gasteiger partial charge on any atom is -0.358 e. The number of fused-ring (bicyclic) bond motifs is 1. The van der Waals surface area contributed by atoms with Gasteiger partial charge in [-0.25, -0.2) is 0 Å². The fourth-order valence-corrected chi connectivity index (χ4v) is 3.61. The molecule has 1 heteroatoms. The third-order valence-corrected chi connectivity index (χ3v) is 5.22. The summed E-state index contributed by atoms with van der Waals surface area (Å²) in [5.74, 6) is 0.508. The van der Waals surface area contributed by atoms with Crippen LogP contribution in [-0.4, -0.2) is 4.98 Å². The lowest BCUT2D eigenvalue weighted by molar-refractivity contribution is 0.406. The highest BCUT2D eigenvalue weighted by atomic mass is 14.7. The van der Waals surface area contributed by atoms with Gasteiger partial charge in [0.15, 0.2) is 0 Å². The second-order valence-corrected chi connectivity index (χ2v) is 6.89. The molecule has 1 N–H and O–H groups in total. The molecule has 1 heterocycles. The lowest BCUT2D eigenvalue weighted by atomic mass is 9.67. The average Bonchev–Trinajstić information content (AvgIpc) is 2.83. The Morgan fingerprint density at radius 2 is 1.55 bits per heavy atom. The van der Waals surface area contributed by atoms with Gasteiger partial charge < -0.3 is 4.98 Å². The number of hydrogen-bond acceptors (Lipinski definition) is 0. The summed E-state index contributed by atoms with van der Waals surface area (Å²) in [6.45, 7) is 11.4. The Balaban J connectivity index is 2.31. The number of nitrogens with one attached hydrogen (secondary N) is 1. The maximum atomic E-state index is 3.57. The van der Waals surface area contributed by atoms with Gasteiger partial charge in [0.2, 0.25) is 0 Å². The van der Waals surface area contributed by atoms with Crippen molar-refractivity contribution in [3.8, 4) is 0 Å². The molecule has 1 unspecified atom stereocenters. The van der Waals surface area contributed by atoms with Crippen LogP contribution in [0.25, 0.3) is 10.9 Å². The predicted molar refractivity (Wildman–Crippen MR) is 95.5 cm³/mol. The predicted octanol–water partition coefficient (Wildman–Crippen LogP) is 5.75. The van der Waals surface area contributed by atoms with Gasteiger partial charge in [-0.05, 0) is 37.0 Å². The molecule has 3 aromatic rings. The first kappa shape index (κ1) is 14.9. The normalized spacial score (nSPS) is 14.5. The quantitative estimate of drug-likeness (QED) is 0.632. The van der Waals surface area contributed by atoms with E-state index in [0.29, 0.717) is 5.92 Å². The van der Waals surface area contributed by atoms with Gasteiger partial charge in [-0.3, -0.25) is 0 Å². The molecular formula is C21H25N. The summed E-state index contributed by atoms with van der Waals surface area (Å²) in [5.41, 5.74) is 6.64. The van der Waals surface area contributed by atoms with Crippen LogP contribution in [-0.2, 0) is 5.41 Å². The molecule has 0 saturated heterocycles. The zero-order valence-electron chi connectivity index (χ0n) is 14.2. The van der Waals surface area contributed by atoms with Crippen molar-refractivity contribution in [2.45, 2.75) is 40.0 Å². The fourth-order valence-electron chi connectivity index (χ4n) is 3.61. The Kier molecular flexibility index (Phi) is 3.60. The Labute approximate surface area is 133 Å². The Hall–Kier alpha value is -2.02.